The number of nitrogens with zero attached hydrogens (tertiary/aromatic N) is 1. The molecule has 0 saturated carbocycles. The highest BCUT2D eigenvalue weighted by atomic mass is 32.2. The van der Waals surface area contributed by atoms with Crippen molar-refractivity contribution in [2.75, 3.05) is 6.26 Å². The third-order valence-corrected chi connectivity index (χ3v) is 2.63. The minimum Gasteiger partial charge on any atom is -0.257 e. The standard InChI is InChI=1S/C9H13NS/c1-7-5-4-6-9(10-7)8(2)11-3/h4-6,8H,1-3H3. The van der Waals surface area contributed by atoms with Crippen molar-refractivity contribution < 1.29 is 0 Å². The summed E-state index contributed by atoms with van der Waals surface area (Å²) >= 11 is 1.82. The first-order chi connectivity index (χ1) is 5.24. The van der Waals surface area contributed by atoms with Gasteiger partial charge in [-0.15, -0.1) is 0 Å². The molecule has 0 fully saturated rings. The van der Waals surface area contributed by atoms with E-state index in [2.05, 4.69) is 30.3 Å². The van der Waals surface area contributed by atoms with Gasteiger partial charge in [-0.05, 0) is 32.2 Å². The maximum atomic E-state index is 4.42. The molecule has 0 bridgehead atoms. The fraction of sp³-hybridized carbons (Fsp3) is 0.444. The van der Waals surface area contributed by atoms with E-state index in [9.17, 15) is 0 Å². The Labute approximate surface area is 72.2 Å². The van der Waals surface area contributed by atoms with Crippen molar-refractivity contribution in [1.29, 1.82) is 0 Å². The second-order valence-electron chi connectivity index (χ2n) is 2.58. The van der Waals surface area contributed by atoms with E-state index in [4.69, 9.17) is 0 Å². The predicted molar refractivity (Wildman–Crippen MR) is 50.9 cm³/mol. The number of aromatic nitrogens is 1. The van der Waals surface area contributed by atoms with Gasteiger partial charge in [-0.1, -0.05) is 6.07 Å². The molecule has 2 heteroatoms. The number of hydrogen-bond donors (Lipinski definition) is 0. The second-order valence-corrected chi connectivity index (χ2v) is 3.76. The van der Waals surface area contributed by atoms with Crippen molar-refractivity contribution in [3.8, 4) is 0 Å². The van der Waals surface area contributed by atoms with E-state index in [1.54, 1.807) is 0 Å². The van der Waals surface area contributed by atoms with Crippen molar-refractivity contribution in [3.05, 3.63) is 29.6 Å². The predicted octanol–water partition coefficient (Wildman–Crippen LogP) is 2.81. The van der Waals surface area contributed by atoms with Crippen LogP contribution in [0.25, 0.3) is 0 Å². The quantitative estimate of drug-likeness (QED) is 0.671. The molecule has 11 heavy (non-hydrogen) atoms. The Morgan fingerprint density at radius 2 is 2.18 bits per heavy atom. The number of aryl methyl sites for hydroxylation is 1. The summed E-state index contributed by atoms with van der Waals surface area (Å²) in [4.78, 5) is 4.42. The maximum absolute atomic E-state index is 4.42. The van der Waals surface area contributed by atoms with Crippen molar-refractivity contribution >= 4 is 11.8 Å². The fourth-order valence-electron chi connectivity index (χ4n) is 0.911. The van der Waals surface area contributed by atoms with E-state index in [1.807, 2.05) is 24.8 Å². The highest BCUT2D eigenvalue weighted by molar-refractivity contribution is 7.98. The van der Waals surface area contributed by atoms with Crippen LogP contribution in [0.2, 0.25) is 0 Å². The summed E-state index contributed by atoms with van der Waals surface area (Å²) < 4.78 is 0. The highest BCUT2D eigenvalue weighted by Crippen LogP contribution is 2.23. The lowest BCUT2D eigenvalue weighted by Gasteiger charge is -2.06. The molecular formula is C9H13NS. The van der Waals surface area contributed by atoms with Gasteiger partial charge in [0.2, 0.25) is 0 Å². The molecule has 1 rings (SSSR count). The molecule has 1 heterocycles. The summed E-state index contributed by atoms with van der Waals surface area (Å²) in [5.41, 5.74) is 2.28. The van der Waals surface area contributed by atoms with Gasteiger partial charge in [-0.25, -0.2) is 0 Å². The van der Waals surface area contributed by atoms with E-state index in [0.717, 1.165) is 5.69 Å². The number of hydrogen-bond acceptors (Lipinski definition) is 2. The summed E-state index contributed by atoms with van der Waals surface area (Å²) in [6, 6.07) is 6.16. The van der Waals surface area contributed by atoms with Crippen LogP contribution in [-0.2, 0) is 0 Å². The average molecular weight is 167 g/mol. The van der Waals surface area contributed by atoms with Crippen LogP contribution < -0.4 is 0 Å². The molecule has 1 aromatic rings. The Bertz CT molecular complexity index is 235. The van der Waals surface area contributed by atoms with E-state index in [-0.39, 0.29) is 0 Å². The van der Waals surface area contributed by atoms with Gasteiger partial charge in [0, 0.05) is 10.9 Å². The van der Waals surface area contributed by atoms with Gasteiger partial charge in [0.1, 0.15) is 0 Å². The molecular weight excluding hydrogens is 154 g/mol. The minimum atomic E-state index is 0.509. The van der Waals surface area contributed by atoms with Gasteiger partial charge in [-0.3, -0.25) is 4.98 Å². The first kappa shape index (κ1) is 8.60. The molecule has 1 aromatic heterocycles. The first-order valence-corrected chi connectivity index (χ1v) is 4.99. The van der Waals surface area contributed by atoms with Crippen LogP contribution in [0.5, 0.6) is 0 Å². The van der Waals surface area contributed by atoms with Gasteiger partial charge in [0.05, 0.1) is 5.69 Å². The second kappa shape index (κ2) is 3.77. The number of pyridine rings is 1. The van der Waals surface area contributed by atoms with Crippen LogP contribution in [0, 0.1) is 6.92 Å². The third-order valence-electron chi connectivity index (χ3n) is 1.68. The van der Waals surface area contributed by atoms with E-state index >= 15 is 0 Å². The average Bonchev–Trinajstić information content (AvgIpc) is 2.03. The molecule has 0 aliphatic rings. The Kier molecular flexibility index (Phi) is 2.94. The molecule has 0 spiro atoms. The highest BCUT2D eigenvalue weighted by Gasteiger charge is 2.03. The monoisotopic (exact) mass is 167 g/mol. The smallest absolute Gasteiger partial charge is 0.0533 e. The van der Waals surface area contributed by atoms with Crippen LogP contribution in [0.4, 0.5) is 0 Å². The SMILES string of the molecule is CSC(C)c1cccc(C)n1. The van der Waals surface area contributed by atoms with Crippen LogP contribution in [0.15, 0.2) is 18.2 Å². The van der Waals surface area contributed by atoms with Gasteiger partial charge < -0.3 is 0 Å². The summed E-state index contributed by atoms with van der Waals surface area (Å²) in [7, 11) is 0. The van der Waals surface area contributed by atoms with E-state index in [0.29, 0.717) is 5.25 Å². The third kappa shape index (κ3) is 2.22. The normalized spacial score (nSPS) is 13.0. The Hall–Kier alpha value is -0.500. The van der Waals surface area contributed by atoms with Gasteiger partial charge >= 0.3 is 0 Å². The zero-order valence-corrected chi connectivity index (χ0v) is 7.98. The van der Waals surface area contributed by atoms with Crippen molar-refractivity contribution in [3.63, 3.8) is 0 Å². The summed E-state index contributed by atoms with van der Waals surface area (Å²) in [6.07, 6.45) is 2.11. The fourth-order valence-corrected chi connectivity index (χ4v) is 1.28. The van der Waals surface area contributed by atoms with Crippen molar-refractivity contribution in [2.24, 2.45) is 0 Å². The first-order valence-electron chi connectivity index (χ1n) is 3.70. The summed E-state index contributed by atoms with van der Waals surface area (Å²) in [6.45, 7) is 4.20. The molecule has 0 saturated heterocycles. The summed E-state index contributed by atoms with van der Waals surface area (Å²) in [5.74, 6) is 0. The molecule has 1 atom stereocenters. The number of rotatable bonds is 2. The Morgan fingerprint density at radius 1 is 1.45 bits per heavy atom. The van der Waals surface area contributed by atoms with Gasteiger partial charge in [0.15, 0.2) is 0 Å². The van der Waals surface area contributed by atoms with E-state index in [1.165, 1.54) is 5.69 Å². The Balaban J connectivity index is 2.86. The lowest BCUT2D eigenvalue weighted by molar-refractivity contribution is 0.985. The van der Waals surface area contributed by atoms with Gasteiger partial charge in [-0.2, -0.15) is 11.8 Å². The van der Waals surface area contributed by atoms with Crippen LogP contribution in [-0.4, -0.2) is 11.2 Å². The molecule has 0 amide bonds. The maximum Gasteiger partial charge on any atom is 0.0533 e. The molecule has 0 aliphatic heterocycles. The van der Waals surface area contributed by atoms with Gasteiger partial charge in [0.25, 0.3) is 0 Å². The molecule has 0 aromatic carbocycles. The molecule has 0 N–H and O–H groups in total. The topological polar surface area (TPSA) is 12.9 Å². The van der Waals surface area contributed by atoms with Crippen LogP contribution in [0.3, 0.4) is 0 Å². The lowest BCUT2D eigenvalue weighted by Crippen LogP contribution is -1.92. The molecule has 0 radical (unpaired) electrons. The molecule has 1 nitrogen and oxygen atoms in total. The molecule has 60 valence electrons. The number of thioether (sulfide) groups is 1. The molecule has 0 aliphatic carbocycles. The lowest BCUT2D eigenvalue weighted by atomic mass is 10.2. The van der Waals surface area contributed by atoms with Crippen molar-refractivity contribution in [1.82, 2.24) is 4.98 Å². The zero-order chi connectivity index (χ0) is 8.27. The Morgan fingerprint density at radius 3 is 2.73 bits per heavy atom. The van der Waals surface area contributed by atoms with Crippen LogP contribution in [0.1, 0.15) is 23.6 Å². The largest absolute Gasteiger partial charge is 0.257 e. The zero-order valence-electron chi connectivity index (χ0n) is 7.16. The minimum absolute atomic E-state index is 0.509. The van der Waals surface area contributed by atoms with Crippen molar-refractivity contribution in [2.45, 2.75) is 19.1 Å². The summed E-state index contributed by atoms with van der Waals surface area (Å²) in [5, 5.41) is 0.509. The van der Waals surface area contributed by atoms with E-state index < -0.39 is 0 Å². The van der Waals surface area contributed by atoms with Crippen LogP contribution >= 0.6 is 11.8 Å². The molecule has 1 unspecified atom stereocenters.